The third kappa shape index (κ3) is 4.54. The first-order valence-electron chi connectivity index (χ1n) is 13.0. The molecule has 1 N–H and O–H groups in total. The van der Waals surface area contributed by atoms with Gasteiger partial charge < -0.3 is 4.98 Å². The van der Waals surface area contributed by atoms with Gasteiger partial charge in [0, 0.05) is 29.3 Å². The van der Waals surface area contributed by atoms with Crippen LogP contribution in [-0.4, -0.2) is 23.2 Å². The number of aromatic amines is 1. The van der Waals surface area contributed by atoms with Gasteiger partial charge in [-0.05, 0) is 88.8 Å². The molecule has 3 aromatic rings. The molecular weight excluding hydrogens is 461 g/mol. The highest BCUT2D eigenvalue weighted by atomic mass is 19.1. The molecule has 2 radical (unpaired) electrons. The van der Waals surface area contributed by atoms with Crippen LogP contribution in [0.4, 0.5) is 8.78 Å². The zero-order valence-corrected chi connectivity index (χ0v) is 23.3. The first-order valence-corrected chi connectivity index (χ1v) is 13.0. The summed E-state index contributed by atoms with van der Waals surface area (Å²) < 4.78 is 31.7. The van der Waals surface area contributed by atoms with Crippen molar-refractivity contribution in [3.05, 3.63) is 98.0 Å². The number of hydrogen-bond donors (Lipinski definition) is 1. The number of hydrogen-bond acceptors (Lipinski definition) is 0. The number of nitrogens with one attached hydrogen (secondary N) is 1. The molecule has 190 valence electrons. The Bertz CT molecular complexity index is 1460. The molecule has 0 atom stereocenters. The number of halogens is 2. The highest BCUT2D eigenvalue weighted by molar-refractivity contribution is 6.10. The maximum absolute atomic E-state index is 14.9. The number of H-pyrrole nitrogens is 1. The zero-order valence-electron chi connectivity index (χ0n) is 23.3. The maximum Gasteiger partial charge on any atom is 0.587 e. The van der Waals surface area contributed by atoms with Gasteiger partial charge in [0.25, 0.3) is 0 Å². The van der Waals surface area contributed by atoms with Crippen molar-refractivity contribution in [3.8, 4) is 11.1 Å². The quantitative estimate of drug-likeness (QED) is 0.330. The van der Waals surface area contributed by atoms with E-state index < -0.39 is 11.6 Å². The summed E-state index contributed by atoms with van der Waals surface area (Å²) in [6.07, 6.45) is 3.14. The van der Waals surface area contributed by atoms with Crippen molar-refractivity contribution in [1.82, 2.24) is 4.98 Å². The highest BCUT2D eigenvalue weighted by Crippen LogP contribution is 2.43. The molecule has 0 saturated heterocycles. The number of aryl methyl sites for hydroxylation is 4. The third-order valence-corrected chi connectivity index (χ3v) is 7.69. The molecule has 0 aliphatic carbocycles. The Balaban J connectivity index is 2.13. The molecule has 2 aromatic carbocycles. The van der Waals surface area contributed by atoms with Crippen molar-refractivity contribution in [2.75, 3.05) is 0 Å². The minimum atomic E-state index is -0.572. The average molecular weight is 497 g/mol. The third-order valence-electron chi connectivity index (χ3n) is 7.69. The van der Waals surface area contributed by atoms with E-state index >= 15 is 0 Å². The first kappa shape index (κ1) is 26.8. The summed E-state index contributed by atoms with van der Waals surface area (Å²) in [5, 5.41) is 0. The number of aromatic nitrogens is 1. The van der Waals surface area contributed by atoms with E-state index in [-0.39, 0.29) is 5.56 Å². The van der Waals surface area contributed by atoms with E-state index in [0.717, 1.165) is 69.8 Å². The Morgan fingerprint density at radius 3 is 2.08 bits per heavy atom. The van der Waals surface area contributed by atoms with Gasteiger partial charge in [0.05, 0.1) is 16.8 Å². The highest BCUT2D eigenvalue weighted by Gasteiger charge is 2.35. The molecule has 0 saturated carbocycles. The minimum absolute atomic E-state index is 0.00336. The molecule has 0 fully saturated rings. The van der Waals surface area contributed by atoms with Crippen LogP contribution >= 0.6 is 0 Å². The van der Waals surface area contributed by atoms with Crippen LogP contribution in [0.25, 0.3) is 16.7 Å². The molecule has 1 aliphatic rings. The van der Waals surface area contributed by atoms with Crippen molar-refractivity contribution < 1.29 is 13.3 Å². The average Bonchev–Trinajstić information content (AvgIpc) is 3.21. The molecule has 37 heavy (non-hydrogen) atoms. The molecule has 0 bridgehead atoms. The lowest BCUT2D eigenvalue weighted by molar-refractivity contribution is -0.302. The summed E-state index contributed by atoms with van der Waals surface area (Å²) in [6.45, 7) is 16.5. The van der Waals surface area contributed by atoms with Gasteiger partial charge in [-0.25, -0.2) is 8.78 Å². The summed E-state index contributed by atoms with van der Waals surface area (Å²) in [5.41, 5.74) is 12.8. The van der Waals surface area contributed by atoms with Gasteiger partial charge in [0.15, 0.2) is 11.4 Å². The summed E-state index contributed by atoms with van der Waals surface area (Å²) in [4.78, 5) is 3.52. The van der Waals surface area contributed by atoms with Crippen molar-refractivity contribution in [1.29, 1.82) is 0 Å². The number of rotatable bonds is 6. The molecule has 1 aromatic heterocycles. The molecule has 4 rings (SSSR count). The molecule has 2 heterocycles. The second-order valence-corrected chi connectivity index (χ2v) is 10.4. The Morgan fingerprint density at radius 2 is 1.51 bits per heavy atom. The van der Waals surface area contributed by atoms with E-state index in [1.54, 1.807) is 4.49 Å². The molecule has 1 aliphatic heterocycles. The number of benzene rings is 2. The standard InChI is InChI=1S/C32H36BF2N2/c1-9-10-12-24-20(5)32(37(33)23(24)8)30(27-18(3)15-17(2)16-19(27)4)31-21(6)28(22(7)36-31)29-25(34)13-11-14-26(29)35/h11,13-16,36H,9-10,12H2,1-8H3/q+1. The Hall–Kier alpha value is -3.21. The van der Waals surface area contributed by atoms with Crippen LogP contribution in [0.2, 0.25) is 0 Å². The molecule has 0 amide bonds. The summed E-state index contributed by atoms with van der Waals surface area (Å²) in [6, 6.07) is 8.36. The van der Waals surface area contributed by atoms with E-state index in [1.807, 2.05) is 13.8 Å². The van der Waals surface area contributed by atoms with Crippen LogP contribution in [-0.2, 0) is 0 Å². The zero-order chi connectivity index (χ0) is 27.2. The SMILES string of the molecule is [B][N+]1=C(C)C(CCCC)=C(C)/C1=C(/c1[nH]c(C)c(-c2c(F)cccc2F)c1C)c1c(C)cc(C)cc1C. The Morgan fingerprint density at radius 1 is 0.919 bits per heavy atom. The van der Waals surface area contributed by atoms with Gasteiger partial charge in [0.2, 0.25) is 0 Å². The molecule has 0 spiro atoms. The van der Waals surface area contributed by atoms with Gasteiger partial charge in [-0.3, -0.25) is 4.49 Å². The minimum Gasteiger partial charge on any atom is -0.358 e. The lowest BCUT2D eigenvalue weighted by atomic mass is 9.86. The molecule has 2 nitrogen and oxygen atoms in total. The van der Waals surface area contributed by atoms with E-state index in [9.17, 15) is 8.78 Å². The first-order chi connectivity index (χ1) is 17.5. The normalized spacial score (nSPS) is 15.3. The fraction of sp³-hybridized carbons (Fsp3) is 0.344. The van der Waals surface area contributed by atoms with Crippen LogP contribution in [0.3, 0.4) is 0 Å². The van der Waals surface area contributed by atoms with Crippen molar-refractivity contribution in [2.45, 2.75) is 74.7 Å². The van der Waals surface area contributed by atoms with Gasteiger partial charge in [-0.2, -0.15) is 0 Å². The van der Waals surface area contributed by atoms with Crippen LogP contribution < -0.4 is 0 Å². The van der Waals surface area contributed by atoms with Crippen LogP contribution in [0, 0.1) is 46.3 Å². The topological polar surface area (TPSA) is 18.8 Å². The van der Waals surface area contributed by atoms with E-state index in [0.29, 0.717) is 11.3 Å². The predicted molar refractivity (Wildman–Crippen MR) is 151 cm³/mol. The van der Waals surface area contributed by atoms with Gasteiger partial charge >= 0.3 is 7.98 Å². The van der Waals surface area contributed by atoms with Gasteiger partial charge in [0.1, 0.15) is 11.6 Å². The largest absolute Gasteiger partial charge is 0.587 e. The number of allylic oxidation sites excluding steroid dienone is 2. The summed E-state index contributed by atoms with van der Waals surface area (Å²) in [7, 11) is 6.80. The van der Waals surface area contributed by atoms with Crippen molar-refractivity contribution >= 4 is 19.3 Å². The second kappa shape index (κ2) is 10.3. The van der Waals surface area contributed by atoms with Crippen LogP contribution in [0.5, 0.6) is 0 Å². The van der Waals surface area contributed by atoms with Crippen molar-refractivity contribution in [3.63, 3.8) is 0 Å². The summed E-state index contributed by atoms with van der Waals surface area (Å²) in [5.74, 6) is -1.14. The smallest absolute Gasteiger partial charge is 0.358 e. The number of nitrogens with zero attached hydrogens (tertiary/aromatic N) is 1. The lowest BCUT2D eigenvalue weighted by Gasteiger charge is -2.17. The lowest BCUT2D eigenvalue weighted by Crippen LogP contribution is -2.14. The predicted octanol–water partition coefficient (Wildman–Crippen LogP) is 8.34. The monoisotopic (exact) mass is 497 g/mol. The molecule has 0 unspecified atom stereocenters. The molecular formula is C32H36BF2N2+. The second-order valence-electron chi connectivity index (χ2n) is 10.4. The van der Waals surface area contributed by atoms with E-state index in [1.165, 1.54) is 29.3 Å². The molecule has 5 heteroatoms. The fourth-order valence-corrected chi connectivity index (χ4v) is 5.99. The van der Waals surface area contributed by atoms with Gasteiger partial charge in [-0.15, -0.1) is 0 Å². The van der Waals surface area contributed by atoms with E-state index in [4.69, 9.17) is 7.98 Å². The van der Waals surface area contributed by atoms with E-state index in [2.05, 4.69) is 58.7 Å². The maximum atomic E-state index is 14.9. The Kier molecular flexibility index (Phi) is 7.46. The number of unbranched alkanes of at least 4 members (excludes halogenated alkanes) is 1. The van der Waals surface area contributed by atoms with Crippen molar-refractivity contribution in [2.24, 2.45) is 0 Å². The van der Waals surface area contributed by atoms with Crippen LogP contribution in [0.15, 0.2) is 47.2 Å². The van der Waals surface area contributed by atoms with Crippen LogP contribution in [0.1, 0.15) is 79.2 Å². The van der Waals surface area contributed by atoms with Gasteiger partial charge in [-0.1, -0.05) is 37.1 Å². The summed E-state index contributed by atoms with van der Waals surface area (Å²) >= 11 is 0. The fourth-order valence-electron chi connectivity index (χ4n) is 5.99. The Labute approximate surface area is 221 Å².